The fraction of sp³-hybridized carbons (Fsp3) is 0.278. The molecular weight excluding hydrogens is 304 g/mol. The second kappa shape index (κ2) is 7.12. The van der Waals surface area contributed by atoms with E-state index in [-0.39, 0.29) is 5.91 Å². The molecule has 0 radical (unpaired) electrons. The zero-order chi connectivity index (χ0) is 16.9. The number of carbonyl (C=O) groups is 1. The fourth-order valence-electron chi connectivity index (χ4n) is 2.71. The van der Waals surface area contributed by atoms with Gasteiger partial charge in [-0.15, -0.1) is 10.2 Å². The lowest BCUT2D eigenvalue weighted by atomic mass is 9.99. The number of carbonyl (C=O) groups excluding carboxylic acids is 1. The number of ether oxygens (including phenoxy) is 1. The molecule has 6 nitrogen and oxygen atoms in total. The molecule has 0 atom stereocenters. The summed E-state index contributed by atoms with van der Waals surface area (Å²) in [6, 6.07) is 11.6. The van der Waals surface area contributed by atoms with Crippen molar-refractivity contribution in [1.82, 2.24) is 15.5 Å². The number of hydrogen-bond donors (Lipinski definition) is 1. The monoisotopic (exact) mass is 324 g/mol. The van der Waals surface area contributed by atoms with Gasteiger partial charge in [0.15, 0.2) is 11.5 Å². The molecule has 0 saturated carbocycles. The highest BCUT2D eigenvalue weighted by Crippen LogP contribution is 2.26. The van der Waals surface area contributed by atoms with Crippen LogP contribution in [-0.4, -0.2) is 43.4 Å². The maximum Gasteiger partial charge on any atom is 0.271 e. The average Bonchev–Trinajstić information content (AvgIpc) is 2.67. The highest BCUT2D eigenvalue weighted by Gasteiger charge is 2.16. The molecule has 2 aromatic rings. The number of benzene rings is 1. The first-order chi connectivity index (χ1) is 11.7. The zero-order valence-electron chi connectivity index (χ0n) is 13.8. The summed E-state index contributed by atoms with van der Waals surface area (Å²) in [7, 11) is 3.25. The first-order valence-electron chi connectivity index (χ1n) is 7.85. The largest absolute Gasteiger partial charge is 0.497 e. The number of methoxy groups -OCH3 is 1. The van der Waals surface area contributed by atoms with Crippen molar-refractivity contribution in [2.24, 2.45) is 0 Å². The number of anilines is 1. The minimum Gasteiger partial charge on any atom is -0.497 e. The van der Waals surface area contributed by atoms with Crippen molar-refractivity contribution in [2.75, 3.05) is 32.1 Å². The predicted molar refractivity (Wildman–Crippen MR) is 93.2 cm³/mol. The van der Waals surface area contributed by atoms with E-state index in [9.17, 15) is 4.79 Å². The van der Waals surface area contributed by atoms with E-state index in [1.807, 2.05) is 18.2 Å². The first kappa shape index (κ1) is 16.0. The summed E-state index contributed by atoms with van der Waals surface area (Å²) < 4.78 is 5.29. The van der Waals surface area contributed by atoms with E-state index in [2.05, 4.69) is 38.6 Å². The van der Waals surface area contributed by atoms with E-state index in [0.717, 1.165) is 31.1 Å². The van der Waals surface area contributed by atoms with E-state index in [1.54, 1.807) is 20.2 Å². The fourth-order valence-corrected chi connectivity index (χ4v) is 2.71. The van der Waals surface area contributed by atoms with Gasteiger partial charge in [0, 0.05) is 20.1 Å². The lowest BCUT2D eigenvalue weighted by Gasteiger charge is -2.27. The van der Waals surface area contributed by atoms with Crippen molar-refractivity contribution in [3.05, 3.63) is 53.7 Å². The van der Waals surface area contributed by atoms with E-state index in [4.69, 9.17) is 4.74 Å². The van der Waals surface area contributed by atoms with Gasteiger partial charge in [-0.1, -0.05) is 18.2 Å². The topological polar surface area (TPSA) is 67.4 Å². The summed E-state index contributed by atoms with van der Waals surface area (Å²) in [5.41, 5.74) is 2.82. The van der Waals surface area contributed by atoms with Crippen LogP contribution in [0.2, 0.25) is 0 Å². The van der Waals surface area contributed by atoms with Gasteiger partial charge in [-0.25, -0.2) is 0 Å². The molecule has 6 heteroatoms. The Morgan fingerprint density at radius 1 is 1.25 bits per heavy atom. The van der Waals surface area contributed by atoms with Gasteiger partial charge in [0.2, 0.25) is 0 Å². The number of aromatic nitrogens is 2. The SMILES string of the molecule is CNC(=O)c1ccc(N2CC=C(c3cccc(OC)c3)CC2)nn1. The van der Waals surface area contributed by atoms with Crippen LogP contribution in [0, 0.1) is 0 Å². The Morgan fingerprint density at radius 3 is 2.75 bits per heavy atom. The lowest BCUT2D eigenvalue weighted by Crippen LogP contribution is -2.29. The zero-order valence-corrected chi connectivity index (χ0v) is 13.8. The van der Waals surface area contributed by atoms with Crippen LogP contribution in [0.15, 0.2) is 42.5 Å². The van der Waals surface area contributed by atoms with E-state index in [1.165, 1.54) is 11.1 Å². The van der Waals surface area contributed by atoms with Crippen molar-refractivity contribution in [3.8, 4) is 5.75 Å². The van der Waals surface area contributed by atoms with Crippen LogP contribution < -0.4 is 15.0 Å². The van der Waals surface area contributed by atoms with Gasteiger partial charge in [0.05, 0.1) is 7.11 Å². The minimum absolute atomic E-state index is 0.229. The molecule has 1 amide bonds. The van der Waals surface area contributed by atoms with E-state index < -0.39 is 0 Å². The Balaban J connectivity index is 1.71. The first-order valence-corrected chi connectivity index (χ1v) is 7.85. The summed E-state index contributed by atoms with van der Waals surface area (Å²) in [4.78, 5) is 13.6. The molecule has 24 heavy (non-hydrogen) atoms. The van der Waals surface area contributed by atoms with Gasteiger partial charge in [-0.05, 0) is 41.8 Å². The number of nitrogens with one attached hydrogen (secondary N) is 1. The molecule has 0 bridgehead atoms. The summed E-state index contributed by atoms with van der Waals surface area (Å²) in [5.74, 6) is 1.42. The van der Waals surface area contributed by atoms with Crippen molar-refractivity contribution in [2.45, 2.75) is 6.42 Å². The van der Waals surface area contributed by atoms with Gasteiger partial charge in [0.1, 0.15) is 5.75 Å². The normalized spacial score (nSPS) is 14.1. The number of rotatable bonds is 4. The number of amides is 1. The van der Waals surface area contributed by atoms with Crippen LogP contribution in [0.3, 0.4) is 0 Å². The van der Waals surface area contributed by atoms with Gasteiger partial charge in [-0.3, -0.25) is 4.79 Å². The molecule has 2 heterocycles. The molecule has 0 fully saturated rings. The average molecular weight is 324 g/mol. The van der Waals surface area contributed by atoms with Crippen molar-refractivity contribution in [3.63, 3.8) is 0 Å². The number of nitrogens with zero attached hydrogens (tertiary/aromatic N) is 3. The lowest BCUT2D eigenvalue weighted by molar-refractivity contribution is 0.0957. The third kappa shape index (κ3) is 3.37. The molecule has 0 saturated heterocycles. The van der Waals surface area contributed by atoms with Crippen molar-refractivity contribution >= 4 is 17.3 Å². The standard InChI is InChI=1S/C18H20N4O2/c1-19-18(23)16-6-7-17(21-20-16)22-10-8-13(9-11-22)14-4-3-5-15(12-14)24-2/h3-8,12H,9-11H2,1-2H3,(H,19,23). The predicted octanol–water partition coefficient (Wildman–Crippen LogP) is 2.14. The maximum atomic E-state index is 11.5. The Kier molecular flexibility index (Phi) is 4.74. The third-order valence-corrected chi connectivity index (χ3v) is 4.08. The molecule has 1 N–H and O–H groups in total. The smallest absolute Gasteiger partial charge is 0.271 e. The van der Waals surface area contributed by atoms with Crippen molar-refractivity contribution in [1.29, 1.82) is 0 Å². The molecule has 0 unspecified atom stereocenters. The molecule has 3 rings (SSSR count). The Labute approximate surface area is 141 Å². The quantitative estimate of drug-likeness (QED) is 0.933. The molecule has 1 aromatic heterocycles. The second-order valence-electron chi connectivity index (χ2n) is 5.51. The van der Waals surface area contributed by atoms with Gasteiger partial charge < -0.3 is 15.0 Å². The second-order valence-corrected chi connectivity index (χ2v) is 5.51. The molecule has 1 aromatic carbocycles. The number of hydrogen-bond acceptors (Lipinski definition) is 5. The highest BCUT2D eigenvalue weighted by molar-refractivity contribution is 5.91. The molecule has 1 aliphatic rings. The van der Waals surface area contributed by atoms with Gasteiger partial charge in [0.25, 0.3) is 5.91 Å². The Bertz CT molecular complexity index is 756. The van der Waals surface area contributed by atoms with Crippen LogP contribution in [0.25, 0.3) is 5.57 Å². The summed E-state index contributed by atoms with van der Waals surface area (Å²) in [5, 5.41) is 10.7. The maximum absolute atomic E-state index is 11.5. The summed E-state index contributed by atoms with van der Waals surface area (Å²) in [6.45, 7) is 1.62. The van der Waals surface area contributed by atoms with Crippen molar-refractivity contribution < 1.29 is 9.53 Å². The van der Waals surface area contributed by atoms with Crippen LogP contribution in [0.5, 0.6) is 5.75 Å². The van der Waals surface area contributed by atoms with Gasteiger partial charge >= 0.3 is 0 Å². The molecule has 1 aliphatic heterocycles. The van der Waals surface area contributed by atoms with Crippen LogP contribution in [0.4, 0.5) is 5.82 Å². The Hall–Kier alpha value is -2.89. The van der Waals surface area contributed by atoms with Crippen LogP contribution >= 0.6 is 0 Å². The molecule has 124 valence electrons. The summed E-state index contributed by atoms with van der Waals surface area (Å²) >= 11 is 0. The van der Waals surface area contributed by atoms with Crippen LogP contribution in [0.1, 0.15) is 22.5 Å². The highest BCUT2D eigenvalue weighted by atomic mass is 16.5. The Morgan fingerprint density at radius 2 is 2.12 bits per heavy atom. The van der Waals surface area contributed by atoms with E-state index >= 15 is 0 Å². The third-order valence-electron chi connectivity index (χ3n) is 4.08. The molecule has 0 aliphatic carbocycles. The molecule has 0 spiro atoms. The minimum atomic E-state index is -0.229. The van der Waals surface area contributed by atoms with Gasteiger partial charge in [-0.2, -0.15) is 0 Å². The van der Waals surface area contributed by atoms with Crippen LogP contribution in [-0.2, 0) is 0 Å². The van der Waals surface area contributed by atoms with E-state index in [0.29, 0.717) is 5.69 Å². The molecular formula is C18H20N4O2. The summed E-state index contributed by atoms with van der Waals surface area (Å²) in [6.07, 6.45) is 3.12.